The Morgan fingerprint density at radius 2 is 2.03 bits per heavy atom. The summed E-state index contributed by atoms with van der Waals surface area (Å²) in [5.74, 6) is 1.05. The van der Waals surface area contributed by atoms with E-state index in [1.54, 1.807) is 6.07 Å². The number of piperidine rings is 1. The number of benzene rings is 2. The average molecular weight is 461 g/mol. The summed E-state index contributed by atoms with van der Waals surface area (Å²) < 4.78 is 12.1. The number of β-amino-alcohol motifs (C(OH)–C–C–N with tert-alkyl or cyclic N) is 1. The molecule has 3 N–H and O–H groups in total. The van der Waals surface area contributed by atoms with Gasteiger partial charge in [0.15, 0.2) is 0 Å². The minimum Gasteiger partial charge on any atom is -0.508 e. The van der Waals surface area contributed by atoms with Crippen molar-refractivity contribution < 1.29 is 24.5 Å². The predicted molar refractivity (Wildman–Crippen MR) is 123 cm³/mol. The first-order chi connectivity index (χ1) is 15.3. The molecule has 0 radical (unpaired) electrons. The molecule has 1 saturated heterocycles. The Bertz CT molecular complexity index is 975. The van der Waals surface area contributed by atoms with Gasteiger partial charge in [-0.3, -0.25) is 4.79 Å². The topological polar surface area (TPSA) is 91.3 Å². The molecule has 1 atom stereocenters. The third-order valence-electron chi connectivity index (χ3n) is 6.14. The van der Waals surface area contributed by atoms with Gasteiger partial charge in [0.25, 0.3) is 0 Å². The Kier molecular flexibility index (Phi) is 6.79. The fourth-order valence-corrected chi connectivity index (χ4v) is 4.64. The number of hydrogen-bond acceptors (Lipinski definition) is 6. The molecule has 2 aromatic rings. The van der Waals surface area contributed by atoms with Gasteiger partial charge in [-0.2, -0.15) is 0 Å². The number of phenols is 1. The summed E-state index contributed by atoms with van der Waals surface area (Å²) in [6.07, 6.45) is 3.05. The van der Waals surface area contributed by atoms with Gasteiger partial charge in [-0.1, -0.05) is 11.6 Å². The molecule has 0 unspecified atom stereocenters. The van der Waals surface area contributed by atoms with Crippen molar-refractivity contribution >= 4 is 23.2 Å². The van der Waals surface area contributed by atoms with E-state index in [-0.39, 0.29) is 23.9 Å². The van der Waals surface area contributed by atoms with Crippen molar-refractivity contribution in [2.75, 3.05) is 31.6 Å². The molecule has 8 heteroatoms. The molecule has 1 amide bonds. The minimum atomic E-state index is -0.702. The first kappa shape index (κ1) is 22.7. The Morgan fingerprint density at radius 1 is 1.25 bits per heavy atom. The number of amides is 1. The van der Waals surface area contributed by atoms with E-state index in [0.29, 0.717) is 18.0 Å². The number of hydrogen-bond donors (Lipinski definition) is 3. The van der Waals surface area contributed by atoms with Crippen LogP contribution in [0.4, 0.5) is 5.69 Å². The average Bonchev–Trinajstić information content (AvgIpc) is 2.76. The highest BCUT2D eigenvalue weighted by molar-refractivity contribution is 6.30. The SMILES string of the molecule is CC(=O)Nc1ccc(O)cc1OC[C@@H](O)CN1CCC2(CCc3cc(Cl)ccc3O2)CC1. The summed E-state index contributed by atoms with van der Waals surface area (Å²) in [5.41, 5.74) is 1.48. The van der Waals surface area contributed by atoms with E-state index in [9.17, 15) is 15.0 Å². The Balaban J connectivity index is 1.27. The van der Waals surface area contributed by atoms with Crippen LogP contribution in [-0.4, -0.2) is 59.0 Å². The van der Waals surface area contributed by atoms with Gasteiger partial charge in [-0.25, -0.2) is 0 Å². The summed E-state index contributed by atoms with van der Waals surface area (Å²) in [6.45, 7) is 3.61. The zero-order chi connectivity index (χ0) is 22.7. The highest BCUT2D eigenvalue weighted by atomic mass is 35.5. The van der Waals surface area contributed by atoms with Crippen LogP contribution in [0.25, 0.3) is 0 Å². The monoisotopic (exact) mass is 460 g/mol. The lowest BCUT2D eigenvalue weighted by Crippen LogP contribution is -2.51. The van der Waals surface area contributed by atoms with Gasteiger partial charge >= 0.3 is 0 Å². The van der Waals surface area contributed by atoms with E-state index in [2.05, 4.69) is 10.2 Å². The largest absolute Gasteiger partial charge is 0.508 e. The second-order valence-electron chi connectivity index (χ2n) is 8.66. The van der Waals surface area contributed by atoms with Crippen LogP contribution in [0.15, 0.2) is 36.4 Å². The second kappa shape index (κ2) is 9.57. The molecule has 0 aliphatic carbocycles. The molecule has 2 aliphatic heterocycles. The summed E-state index contributed by atoms with van der Waals surface area (Å²) >= 11 is 6.10. The van der Waals surface area contributed by atoms with Crippen LogP contribution < -0.4 is 14.8 Å². The number of aliphatic hydroxyl groups is 1. The summed E-state index contributed by atoms with van der Waals surface area (Å²) in [6, 6.07) is 10.3. The first-order valence-electron chi connectivity index (χ1n) is 10.9. The van der Waals surface area contributed by atoms with Crippen LogP contribution in [0, 0.1) is 0 Å². The molecule has 0 bridgehead atoms. The van der Waals surface area contributed by atoms with Gasteiger partial charge < -0.3 is 29.9 Å². The van der Waals surface area contributed by atoms with E-state index in [1.165, 1.54) is 24.6 Å². The maximum Gasteiger partial charge on any atom is 0.221 e. The van der Waals surface area contributed by atoms with Crippen molar-refractivity contribution in [3.8, 4) is 17.2 Å². The zero-order valence-electron chi connectivity index (χ0n) is 18.1. The number of fused-ring (bicyclic) bond motifs is 1. The van der Waals surface area contributed by atoms with E-state index in [1.807, 2.05) is 18.2 Å². The number of likely N-dealkylation sites (tertiary alicyclic amines) is 1. The van der Waals surface area contributed by atoms with Crippen molar-refractivity contribution in [3.63, 3.8) is 0 Å². The molecular formula is C24H29ClN2O5. The molecule has 2 heterocycles. The van der Waals surface area contributed by atoms with Gasteiger partial charge in [0, 0.05) is 37.6 Å². The van der Waals surface area contributed by atoms with Crippen LogP contribution in [0.2, 0.25) is 5.02 Å². The van der Waals surface area contributed by atoms with Crippen molar-refractivity contribution in [2.24, 2.45) is 0 Å². The van der Waals surface area contributed by atoms with Crippen LogP contribution in [0.1, 0.15) is 31.7 Å². The lowest BCUT2D eigenvalue weighted by Gasteiger charge is -2.45. The third-order valence-corrected chi connectivity index (χ3v) is 6.38. The number of aryl methyl sites for hydroxylation is 1. The summed E-state index contributed by atoms with van der Waals surface area (Å²) in [5, 5.41) is 23.6. The fourth-order valence-electron chi connectivity index (χ4n) is 4.44. The van der Waals surface area contributed by atoms with Crippen LogP contribution in [0.3, 0.4) is 0 Å². The smallest absolute Gasteiger partial charge is 0.221 e. The Hall–Kier alpha value is -2.48. The molecule has 1 fully saturated rings. The minimum absolute atomic E-state index is 0.0289. The molecule has 2 aliphatic rings. The Morgan fingerprint density at radius 3 is 2.78 bits per heavy atom. The molecule has 172 valence electrons. The quantitative estimate of drug-likeness (QED) is 0.570. The molecule has 1 spiro atoms. The number of carbonyl (C=O) groups excluding carboxylic acids is 1. The van der Waals surface area contributed by atoms with Crippen LogP contribution >= 0.6 is 11.6 Å². The molecule has 2 aromatic carbocycles. The maximum absolute atomic E-state index is 11.4. The molecule has 0 saturated carbocycles. The van der Waals surface area contributed by atoms with Crippen molar-refractivity contribution in [2.45, 2.75) is 44.3 Å². The van der Waals surface area contributed by atoms with E-state index < -0.39 is 6.10 Å². The van der Waals surface area contributed by atoms with E-state index in [4.69, 9.17) is 21.1 Å². The summed E-state index contributed by atoms with van der Waals surface area (Å²) in [4.78, 5) is 13.6. The molecule has 7 nitrogen and oxygen atoms in total. The number of rotatable bonds is 6. The number of aliphatic hydroxyl groups excluding tert-OH is 1. The molecular weight excluding hydrogens is 432 g/mol. The van der Waals surface area contributed by atoms with Crippen LogP contribution in [0.5, 0.6) is 17.2 Å². The number of aromatic hydroxyl groups is 1. The number of phenolic OH excluding ortho intramolecular Hbond substituents is 1. The highest BCUT2D eigenvalue weighted by Crippen LogP contribution is 2.40. The van der Waals surface area contributed by atoms with Crippen molar-refractivity contribution in [3.05, 3.63) is 47.0 Å². The summed E-state index contributed by atoms with van der Waals surface area (Å²) in [7, 11) is 0. The molecule has 4 rings (SSSR count). The number of nitrogens with one attached hydrogen (secondary N) is 1. The third kappa shape index (κ3) is 5.46. The maximum atomic E-state index is 11.4. The van der Waals surface area contributed by atoms with Gasteiger partial charge in [-0.05, 0) is 61.6 Å². The van der Waals surface area contributed by atoms with Crippen LogP contribution in [-0.2, 0) is 11.2 Å². The number of nitrogens with zero attached hydrogens (tertiary/aromatic N) is 1. The molecule has 32 heavy (non-hydrogen) atoms. The number of ether oxygens (including phenoxy) is 2. The van der Waals surface area contributed by atoms with Crippen molar-refractivity contribution in [1.82, 2.24) is 4.90 Å². The number of carbonyl (C=O) groups is 1. The first-order valence-corrected chi connectivity index (χ1v) is 11.3. The lowest BCUT2D eigenvalue weighted by atomic mass is 9.83. The van der Waals surface area contributed by atoms with Gasteiger partial charge in [-0.15, -0.1) is 0 Å². The second-order valence-corrected chi connectivity index (χ2v) is 9.10. The predicted octanol–water partition coefficient (Wildman–Crippen LogP) is 3.60. The number of halogens is 1. The van der Waals surface area contributed by atoms with Gasteiger partial charge in [0.1, 0.15) is 35.6 Å². The van der Waals surface area contributed by atoms with Gasteiger partial charge in [0.2, 0.25) is 5.91 Å². The zero-order valence-corrected chi connectivity index (χ0v) is 18.9. The molecule has 0 aromatic heterocycles. The van der Waals surface area contributed by atoms with E-state index in [0.717, 1.165) is 49.5 Å². The standard InChI is InChI=1S/C24H29ClN2O5/c1-16(28)26-21-4-3-19(29)13-23(21)31-15-20(30)14-27-10-8-24(9-11-27)7-6-17-12-18(25)2-5-22(17)32-24/h2-5,12-13,20,29-30H,6-11,14-15H2,1H3,(H,26,28)/t20-/m0/s1. The fraction of sp³-hybridized carbons (Fsp3) is 0.458. The lowest BCUT2D eigenvalue weighted by molar-refractivity contribution is -0.114. The van der Waals surface area contributed by atoms with Crippen molar-refractivity contribution in [1.29, 1.82) is 0 Å². The number of anilines is 1. The normalized spacial score (nSPS) is 18.5. The highest BCUT2D eigenvalue weighted by Gasteiger charge is 2.39. The van der Waals surface area contributed by atoms with E-state index >= 15 is 0 Å². The van der Waals surface area contributed by atoms with Gasteiger partial charge in [0.05, 0.1) is 5.69 Å². The Labute approximate surface area is 192 Å².